The van der Waals surface area contributed by atoms with E-state index in [4.69, 9.17) is 4.74 Å². The number of ether oxygens (including phenoxy) is 1. The predicted octanol–water partition coefficient (Wildman–Crippen LogP) is 2.17. The smallest absolute Gasteiger partial charge is 0.244 e. The lowest BCUT2D eigenvalue weighted by Crippen LogP contribution is -2.21. The number of carbonyl (C=O) groups excluding carboxylic acids is 1. The number of hydrogen-bond donors (Lipinski definition) is 1. The summed E-state index contributed by atoms with van der Waals surface area (Å²) in [5.74, 6) is 0.610. The van der Waals surface area contributed by atoms with E-state index in [0.29, 0.717) is 0 Å². The highest BCUT2D eigenvalue weighted by atomic mass is 16.5. The molecule has 0 spiro atoms. The Bertz CT molecular complexity index is 622. The van der Waals surface area contributed by atoms with Gasteiger partial charge in [0.15, 0.2) is 0 Å². The van der Waals surface area contributed by atoms with E-state index in [1.54, 1.807) is 19.5 Å². The van der Waals surface area contributed by atoms with Crippen LogP contribution in [0.2, 0.25) is 0 Å². The number of hydrogen-bond acceptors (Lipinski definition) is 4. The van der Waals surface area contributed by atoms with Crippen molar-refractivity contribution in [1.82, 2.24) is 10.4 Å². The molecule has 0 unspecified atom stereocenters. The summed E-state index contributed by atoms with van der Waals surface area (Å²) in [7, 11) is 1.61. The first-order chi connectivity index (χ1) is 10.2. The van der Waals surface area contributed by atoms with Crippen molar-refractivity contribution in [3.05, 3.63) is 59.9 Å². The maximum atomic E-state index is 11.8. The predicted molar refractivity (Wildman–Crippen MR) is 81.3 cm³/mol. The molecule has 1 amide bonds. The first-order valence-electron chi connectivity index (χ1n) is 6.55. The van der Waals surface area contributed by atoms with Gasteiger partial charge >= 0.3 is 0 Å². The maximum absolute atomic E-state index is 11.8. The van der Waals surface area contributed by atoms with Crippen molar-refractivity contribution in [3.8, 4) is 5.75 Å². The zero-order chi connectivity index (χ0) is 15.1. The fraction of sp³-hybridized carbons (Fsp3) is 0.188. The summed E-state index contributed by atoms with van der Waals surface area (Å²) >= 11 is 0. The van der Waals surface area contributed by atoms with Crippen LogP contribution in [0.25, 0.3) is 0 Å². The molecule has 2 aromatic rings. The zero-order valence-electron chi connectivity index (χ0n) is 12.0. The Kier molecular flexibility index (Phi) is 5.04. The largest absolute Gasteiger partial charge is 0.497 e. The van der Waals surface area contributed by atoms with E-state index < -0.39 is 0 Å². The molecule has 1 aromatic heterocycles. The van der Waals surface area contributed by atoms with E-state index in [1.165, 1.54) is 0 Å². The van der Waals surface area contributed by atoms with Gasteiger partial charge in [-0.1, -0.05) is 12.1 Å². The van der Waals surface area contributed by atoms with Crippen molar-refractivity contribution in [2.24, 2.45) is 5.10 Å². The highest BCUT2D eigenvalue weighted by Crippen LogP contribution is 2.11. The van der Waals surface area contributed by atoms with Crippen molar-refractivity contribution in [1.29, 1.82) is 0 Å². The second kappa shape index (κ2) is 7.19. The number of methoxy groups -OCH3 is 1. The minimum absolute atomic E-state index is 0.159. The Hall–Kier alpha value is -2.69. The van der Waals surface area contributed by atoms with Crippen LogP contribution in [-0.4, -0.2) is 23.7 Å². The van der Waals surface area contributed by atoms with Crippen LogP contribution in [0, 0.1) is 0 Å². The number of nitrogens with one attached hydrogen (secondary N) is 1. The molecule has 0 bridgehead atoms. The fourth-order valence-corrected chi connectivity index (χ4v) is 1.77. The van der Waals surface area contributed by atoms with Gasteiger partial charge < -0.3 is 4.74 Å². The Labute approximate surface area is 123 Å². The third kappa shape index (κ3) is 4.42. The molecule has 0 saturated carbocycles. The first-order valence-corrected chi connectivity index (χ1v) is 6.55. The lowest BCUT2D eigenvalue weighted by molar-refractivity contribution is -0.120. The molecule has 0 radical (unpaired) electrons. The third-order valence-electron chi connectivity index (χ3n) is 2.97. The van der Waals surface area contributed by atoms with Crippen LogP contribution >= 0.6 is 0 Å². The zero-order valence-corrected chi connectivity index (χ0v) is 12.0. The molecule has 5 heteroatoms. The van der Waals surface area contributed by atoms with E-state index in [9.17, 15) is 4.79 Å². The van der Waals surface area contributed by atoms with E-state index >= 15 is 0 Å². The van der Waals surface area contributed by atoms with Gasteiger partial charge in [0.05, 0.1) is 19.2 Å². The van der Waals surface area contributed by atoms with Crippen molar-refractivity contribution in [2.45, 2.75) is 13.3 Å². The number of aromatic nitrogens is 1. The van der Waals surface area contributed by atoms with E-state index in [0.717, 1.165) is 22.6 Å². The summed E-state index contributed by atoms with van der Waals surface area (Å²) in [6.07, 6.45) is 3.65. The third-order valence-corrected chi connectivity index (χ3v) is 2.97. The molecule has 0 aliphatic carbocycles. The van der Waals surface area contributed by atoms with Gasteiger partial charge in [-0.3, -0.25) is 9.78 Å². The summed E-state index contributed by atoms with van der Waals surface area (Å²) in [6.45, 7) is 1.84. The van der Waals surface area contributed by atoms with Crippen LogP contribution in [0.1, 0.15) is 18.1 Å². The fourth-order valence-electron chi connectivity index (χ4n) is 1.77. The van der Waals surface area contributed by atoms with Crippen molar-refractivity contribution in [3.63, 3.8) is 0 Å². The highest BCUT2D eigenvalue weighted by molar-refractivity contribution is 5.99. The van der Waals surface area contributed by atoms with Crippen molar-refractivity contribution >= 4 is 11.6 Å². The number of nitrogens with zero attached hydrogens (tertiary/aromatic N) is 2. The number of hydrazone groups is 1. The SMILES string of the molecule is COc1ccc(CC(=O)N/N=C(/C)c2ccncc2)cc1. The summed E-state index contributed by atoms with van der Waals surface area (Å²) in [6, 6.07) is 11.1. The van der Waals surface area contributed by atoms with Crippen LogP contribution in [0.5, 0.6) is 5.75 Å². The Morgan fingerprint density at radius 2 is 1.86 bits per heavy atom. The van der Waals surface area contributed by atoms with E-state index in [1.807, 2.05) is 43.3 Å². The number of amides is 1. The van der Waals surface area contributed by atoms with Crippen LogP contribution in [-0.2, 0) is 11.2 Å². The molecule has 1 heterocycles. The number of rotatable bonds is 5. The molecule has 0 saturated heterocycles. The van der Waals surface area contributed by atoms with Crippen LogP contribution in [0.4, 0.5) is 0 Å². The lowest BCUT2D eigenvalue weighted by atomic mass is 10.1. The van der Waals surface area contributed by atoms with E-state index in [-0.39, 0.29) is 12.3 Å². The van der Waals surface area contributed by atoms with Gasteiger partial charge in [-0.15, -0.1) is 0 Å². The average Bonchev–Trinajstić information content (AvgIpc) is 2.54. The van der Waals surface area contributed by atoms with E-state index in [2.05, 4.69) is 15.5 Å². The molecule has 108 valence electrons. The van der Waals surface area contributed by atoms with Crippen molar-refractivity contribution in [2.75, 3.05) is 7.11 Å². The summed E-state index contributed by atoms with van der Waals surface area (Å²) in [5.41, 5.74) is 5.13. The van der Waals surface area contributed by atoms with Crippen LogP contribution < -0.4 is 10.2 Å². The Morgan fingerprint density at radius 3 is 2.48 bits per heavy atom. The van der Waals surface area contributed by atoms with Crippen LogP contribution in [0.3, 0.4) is 0 Å². The molecule has 2 rings (SSSR count). The standard InChI is InChI=1S/C16H17N3O2/c1-12(14-7-9-17-10-8-14)18-19-16(20)11-13-3-5-15(21-2)6-4-13/h3-10H,11H2,1-2H3,(H,19,20)/b18-12-. The molecule has 1 N–H and O–H groups in total. The second-order valence-electron chi connectivity index (χ2n) is 4.49. The van der Waals surface area contributed by atoms with Gasteiger partial charge in [0.1, 0.15) is 5.75 Å². The molecular formula is C16H17N3O2. The molecule has 21 heavy (non-hydrogen) atoms. The van der Waals surface area contributed by atoms with Crippen LogP contribution in [0.15, 0.2) is 53.9 Å². The van der Waals surface area contributed by atoms with Gasteiger partial charge in [-0.2, -0.15) is 5.10 Å². The molecule has 0 aliphatic heterocycles. The number of carbonyl (C=O) groups is 1. The minimum Gasteiger partial charge on any atom is -0.497 e. The summed E-state index contributed by atoms with van der Waals surface area (Å²) in [5, 5.41) is 4.09. The molecule has 0 fully saturated rings. The van der Waals surface area contributed by atoms with Gasteiger partial charge in [0.25, 0.3) is 0 Å². The average molecular weight is 283 g/mol. The minimum atomic E-state index is -0.159. The summed E-state index contributed by atoms with van der Waals surface area (Å²) < 4.78 is 5.07. The number of pyridine rings is 1. The van der Waals surface area contributed by atoms with Gasteiger partial charge in [-0.05, 0) is 36.8 Å². The lowest BCUT2D eigenvalue weighted by Gasteiger charge is -2.04. The van der Waals surface area contributed by atoms with Gasteiger partial charge in [0.2, 0.25) is 5.91 Å². The Morgan fingerprint density at radius 1 is 1.19 bits per heavy atom. The normalized spacial score (nSPS) is 11.0. The van der Waals surface area contributed by atoms with Crippen molar-refractivity contribution < 1.29 is 9.53 Å². The quantitative estimate of drug-likeness (QED) is 0.675. The summed E-state index contributed by atoms with van der Waals surface area (Å²) in [4.78, 5) is 15.8. The molecular weight excluding hydrogens is 266 g/mol. The maximum Gasteiger partial charge on any atom is 0.244 e. The second-order valence-corrected chi connectivity index (χ2v) is 4.49. The first kappa shape index (κ1) is 14.7. The Balaban J connectivity index is 1.92. The number of benzene rings is 1. The molecule has 5 nitrogen and oxygen atoms in total. The topological polar surface area (TPSA) is 63.6 Å². The molecule has 1 aromatic carbocycles. The van der Waals surface area contributed by atoms with Gasteiger partial charge in [0, 0.05) is 18.0 Å². The van der Waals surface area contributed by atoms with Gasteiger partial charge in [-0.25, -0.2) is 5.43 Å². The highest BCUT2D eigenvalue weighted by Gasteiger charge is 2.03. The monoisotopic (exact) mass is 283 g/mol. The molecule has 0 aliphatic rings. The molecule has 0 atom stereocenters.